The lowest BCUT2D eigenvalue weighted by Crippen LogP contribution is -2.75. The number of ketones is 1. The normalized spacial score (nSPS) is 37.7. The van der Waals surface area contributed by atoms with Crippen LogP contribution in [0.15, 0.2) is 48.6 Å². The highest BCUT2D eigenvalue weighted by Crippen LogP contribution is 2.46. The molecule has 35 nitrogen and oxygen atoms in total. The van der Waals surface area contributed by atoms with Crippen LogP contribution in [0.1, 0.15) is 37.5 Å². The zero-order chi connectivity index (χ0) is 67.8. The first-order valence-electron chi connectivity index (χ1n) is 28.3. The van der Waals surface area contributed by atoms with Crippen molar-refractivity contribution in [1.82, 2.24) is 0 Å². The van der Waals surface area contributed by atoms with Crippen LogP contribution in [0.25, 0.3) is 12.2 Å². The molecule has 15 N–H and O–H groups in total. The van der Waals surface area contributed by atoms with Gasteiger partial charge in [0.15, 0.2) is 54.5 Å². The summed E-state index contributed by atoms with van der Waals surface area (Å²) in [5.74, 6) is -13.3. The highest BCUT2D eigenvalue weighted by atomic mass is 16.9. The Labute approximate surface area is 522 Å². The van der Waals surface area contributed by atoms with Crippen molar-refractivity contribution in [3.8, 4) is 17.2 Å². The van der Waals surface area contributed by atoms with E-state index in [-0.39, 0.29) is 17.1 Å². The molecule has 5 aliphatic rings. The maximum absolute atomic E-state index is 14.4. The predicted octanol–water partition coefficient (Wildman–Crippen LogP) is -6.94. The fraction of sp³-hybridized carbons (Fsp3) is 0.632. The quantitative estimate of drug-likeness (QED) is 0.0190. The Morgan fingerprint density at radius 1 is 0.576 bits per heavy atom. The number of carbonyl (C=O) groups excluding carboxylic acids is 5. The minimum Gasteiger partial charge on any atom is -0.504 e. The first kappa shape index (κ1) is 73.4. The fourth-order valence-electron chi connectivity index (χ4n) is 10.4. The van der Waals surface area contributed by atoms with Gasteiger partial charge in [0.05, 0.1) is 34.0 Å². The lowest BCUT2D eigenvalue weighted by Gasteiger charge is -2.54. The number of phenols is 1. The maximum atomic E-state index is 14.4. The van der Waals surface area contributed by atoms with Crippen molar-refractivity contribution in [3.63, 3.8) is 0 Å². The second-order valence-corrected chi connectivity index (χ2v) is 21.9. The van der Waals surface area contributed by atoms with E-state index in [0.717, 1.165) is 39.0 Å². The Morgan fingerprint density at radius 2 is 1.13 bits per heavy atom. The molecule has 0 saturated carbocycles. The molecule has 5 fully saturated rings. The van der Waals surface area contributed by atoms with Gasteiger partial charge in [-0.3, -0.25) is 14.4 Å². The molecule has 2 aromatic carbocycles. The third kappa shape index (κ3) is 16.4. The molecule has 2 aromatic rings. The zero-order valence-electron chi connectivity index (χ0n) is 50.0. The van der Waals surface area contributed by atoms with E-state index in [1.807, 2.05) is 0 Å². The Hall–Kier alpha value is -6.05. The number of aliphatic hydroxyl groups excluding tert-OH is 13. The summed E-state index contributed by atoms with van der Waals surface area (Å²) in [5.41, 5.74) is 1.21. The lowest BCUT2D eigenvalue weighted by atomic mass is 9.91. The number of rotatable bonds is 25. The number of carbonyl (C=O) groups is 5. The number of Topliss-reactive ketones (excluding diaryl/α,β-unsaturated/α-hetero) is 1. The molecule has 0 bridgehead atoms. The lowest BCUT2D eigenvalue weighted by molar-refractivity contribution is -0.492. The molecular formula is C57H76O35. The fourth-order valence-corrected chi connectivity index (χ4v) is 10.4. The molecule has 0 radical (unpaired) electrons. The average Bonchev–Trinajstić information content (AvgIpc) is 1.16. The number of hydrogen-bond donors (Lipinski definition) is 15. The molecule has 5 heterocycles. The van der Waals surface area contributed by atoms with Crippen LogP contribution in [-0.2, 0) is 85.6 Å². The third-order valence-electron chi connectivity index (χ3n) is 15.4. The summed E-state index contributed by atoms with van der Waals surface area (Å²) in [6, 6.07) is 8.57. The van der Waals surface area contributed by atoms with E-state index in [0.29, 0.717) is 16.9 Å². The third-order valence-corrected chi connectivity index (χ3v) is 15.4. The second kappa shape index (κ2) is 31.5. The first-order chi connectivity index (χ1) is 43.5. The van der Waals surface area contributed by atoms with Gasteiger partial charge in [0.25, 0.3) is 5.79 Å². The predicted molar refractivity (Wildman–Crippen MR) is 295 cm³/mol. The van der Waals surface area contributed by atoms with E-state index in [1.54, 1.807) is 19.1 Å². The molecule has 0 aliphatic carbocycles. The minimum absolute atomic E-state index is 0.0170. The summed E-state index contributed by atoms with van der Waals surface area (Å²) in [6.07, 6.45) is -49.8. The van der Waals surface area contributed by atoms with Gasteiger partial charge < -0.3 is 148 Å². The molecule has 5 aliphatic heterocycles. The first-order valence-corrected chi connectivity index (χ1v) is 28.3. The topological polar surface area (TPSA) is 527 Å². The van der Waals surface area contributed by atoms with Gasteiger partial charge in [0.2, 0.25) is 12.1 Å². The number of aryl methyl sites for hydroxylation is 1. The molecule has 35 heteroatoms. The summed E-state index contributed by atoms with van der Waals surface area (Å²) in [5, 5.41) is 167. The second-order valence-electron chi connectivity index (χ2n) is 21.9. The number of ether oxygens (including phenoxy) is 15. The van der Waals surface area contributed by atoms with E-state index in [2.05, 4.69) is 0 Å². The van der Waals surface area contributed by atoms with Crippen LogP contribution in [0.5, 0.6) is 17.2 Å². The van der Waals surface area contributed by atoms with E-state index in [1.165, 1.54) is 44.6 Å². The summed E-state index contributed by atoms with van der Waals surface area (Å²) < 4.78 is 86.5. The number of phenolic OH excluding ortho intramolecular Hbond substituents is 1. The molecule has 0 spiro atoms. The number of hydrogen-bond acceptors (Lipinski definition) is 35. The summed E-state index contributed by atoms with van der Waals surface area (Å²) in [7, 11) is 2.62. The monoisotopic (exact) mass is 1320 g/mol. The van der Waals surface area contributed by atoms with Gasteiger partial charge in [-0.05, 0) is 60.9 Å². The van der Waals surface area contributed by atoms with Crippen molar-refractivity contribution >= 4 is 41.8 Å². The van der Waals surface area contributed by atoms with Gasteiger partial charge in [-0.25, -0.2) is 9.59 Å². The van der Waals surface area contributed by atoms with Crippen LogP contribution < -0.4 is 9.47 Å². The maximum Gasteiger partial charge on any atom is 0.331 e. The van der Waals surface area contributed by atoms with Gasteiger partial charge in [-0.1, -0.05) is 18.2 Å². The van der Waals surface area contributed by atoms with Gasteiger partial charge in [0.1, 0.15) is 117 Å². The molecule has 92 heavy (non-hydrogen) atoms. The van der Waals surface area contributed by atoms with Crippen LogP contribution in [-0.4, -0.2) is 306 Å². The minimum atomic E-state index is -3.99. The molecule has 0 aromatic heterocycles. The number of benzene rings is 2. The number of esters is 4. The molecule has 1 unspecified atom stereocenters. The van der Waals surface area contributed by atoms with Crippen LogP contribution in [0.2, 0.25) is 0 Å². The van der Waals surface area contributed by atoms with E-state index < -0.39 is 215 Å². The number of aliphatic hydroxyl groups is 14. The van der Waals surface area contributed by atoms with E-state index in [9.17, 15) is 101 Å². The van der Waals surface area contributed by atoms with Gasteiger partial charge in [-0.2, -0.15) is 0 Å². The Morgan fingerprint density at radius 3 is 1.71 bits per heavy atom. The standard InChI is InChI=1S/C57H76O35/c1-22-7-8-26(15-29(22)78-5)11-14-36(66)86-47-34(20-80-24(3)62)85-55(92-56(50(82-25(4)63)40(70)33(19-60)90-56)21-81-35(65)13-10-27-9-12-28(64)30(16-27)79-6)57(77,91-54-45(75)42(72)39(69)32(18-59)84-54)51(47)89-53-46(76)43(73)49(48(87-53)37(67)23(2)61)88-52-44(74)41(71)38(68)31(17-58)83-52/h7-16,31-34,37-55,58-60,64,67-77H,17-21H2,1-6H3/b13-10+,14-11+/t31-,32-,33-,34-,37?,38-,39-,40-,41+,42+,43-,44-,45-,46-,47-,48-,49+,50+,51+,52+,53+,54+,55-,56+,57+/m1/s1. The molecular weight excluding hydrogens is 1240 g/mol. The van der Waals surface area contributed by atoms with Crippen molar-refractivity contribution in [1.29, 1.82) is 0 Å². The summed E-state index contributed by atoms with van der Waals surface area (Å²) in [6.45, 7) is -1.64. The number of methoxy groups -OCH3 is 2. The molecule has 514 valence electrons. The van der Waals surface area contributed by atoms with Gasteiger partial charge in [0, 0.05) is 26.0 Å². The van der Waals surface area contributed by atoms with Crippen molar-refractivity contribution in [2.75, 3.05) is 47.3 Å². The molecule has 7 rings (SSSR count). The summed E-state index contributed by atoms with van der Waals surface area (Å²) >= 11 is 0. The zero-order valence-corrected chi connectivity index (χ0v) is 50.0. The molecule has 5 saturated heterocycles. The summed E-state index contributed by atoms with van der Waals surface area (Å²) in [4.78, 5) is 66.9. The van der Waals surface area contributed by atoms with Crippen molar-refractivity contribution in [2.24, 2.45) is 0 Å². The number of aromatic hydroxyl groups is 1. The largest absolute Gasteiger partial charge is 0.504 e. The Balaban J connectivity index is 1.42. The van der Waals surface area contributed by atoms with E-state index in [4.69, 9.17) is 71.1 Å². The Bertz CT molecular complexity index is 2910. The van der Waals surface area contributed by atoms with Crippen molar-refractivity contribution < 1.29 is 172 Å². The van der Waals surface area contributed by atoms with Crippen molar-refractivity contribution in [3.05, 3.63) is 65.2 Å². The van der Waals surface area contributed by atoms with Gasteiger partial charge >= 0.3 is 23.9 Å². The Kier molecular flexibility index (Phi) is 25.1. The van der Waals surface area contributed by atoms with Crippen LogP contribution in [0, 0.1) is 6.92 Å². The van der Waals surface area contributed by atoms with Gasteiger partial charge in [-0.15, -0.1) is 0 Å². The van der Waals surface area contributed by atoms with Crippen LogP contribution in [0.4, 0.5) is 0 Å². The van der Waals surface area contributed by atoms with Crippen LogP contribution >= 0.6 is 0 Å². The van der Waals surface area contributed by atoms with Crippen LogP contribution in [0.3, 0.4) is 0 Å². The van der Waals surface area contributed by atoms with E-state index >= 15 is 0 Å². The average molecular weight is 1320 g/mol. The smallest absolute Gasteiger partial charge is 0.331 e. The highest BCUT2D eigenvalue weighted by Gasteiger charge is 2.69. The molecule has 0 amide bonds. The highest BCUT2D eigenvalue weighted by molar-refractivity contribution is 5.88. The SMILES string of the molecule is COc1cc(/C=C/C(=O)O[C@@H]2[C@@H](COC(C)=O)O[C@H](O[C@]3(COC(=O)/C=C/c4ccc(O)c(OC)c4)O[C@H](CO)[C@@H](O)[C@@H]3OC(C)=O)[C@@](O)(O[C@@H]3O[C@H](CO)[C@@H](O)[C@H](O)[C@H]3O)[C@H]2O[C@@H]2O[C@H](C(O)C(C)=O)[C@@H](O[C@@H]3O[C@H](CO)[C@@H](O)[C@H](O)[C@H]3O)[C@H](O)[C@H]2O)ccc1C. The molecule has 25 atom stereocenters. The van der Waals surface area contributed by atoms with Crippen molar-refractivity contribution in [2.45, 2.75) is 180 Å².